The number of hydrogen-bond acceptors (Lipinski definition) is 2. The van der Waals surface area contributed by atoms with Gasteiger partial charge >= 0.3 is 6.18 Å². The molecular weight excluding hydrogens is 327 g/mol. The zero-order chi connectivity index (χ0) is 17.8. The molecule has 1 aliphatic carbocycles. The van der Waals surface area contributed by atoms with Gasteiger partial charge in [-0.25, -0.2) is 0 Å². The maximum Gasteiger partial charge on any atom is 0.425 e. The number of alkyl halides is 3. The highest BCUT2D eigenvalue weighted by Gasteiger charge is 2.60. The van der Waals surface area contributed by atoms with E-state index in [0.29, 0.717) is 27.9 Å². The Bertz CT molecular complexity index is 981. The van der Waals surface area contributed by atoms with Crippen molar-refractivity contribution in [2.24, 2.45) is 0 Å². The van der Waals surface area contributed by atoms with Crippen LogP contribution in [-0.2, 0) is 5.60 Å². The Morgan fingerprint density at radius 1 is 0.760 bits per heavy atom. The zero-order valence-corrected chi connectivity index (χ0v) is 13.0. The molecule has 4 rings (SSSR count). The van der Waals surface area contributed by atoms with Gasteiger partial charge in [-0.05, 0) is 40.5 Å². The van der Waals surface area contributed by atoms with Crippen molar-refractivity contribution < 1.29 is 18.3 Å². The smallest absolute Gasteiger partial charge is 0.399 e. The molecule has 0 fully saturated rings. The van der Waals surface area contributed by atoms with Crippen molar-refractivity contribution in [3.8, 4) is 22.3 Å². The summed E-state index contributed by atoms with van der Waals surface area (Å²) in [6.45, 7) is 0. The van der Waals surface area contributed by atoms with E-state index in [4.69, 9.17) is 5.73 Å². The normalized spacial score (nSPS) is 18.7. The minimum absolute atomic E-state index is 0.137. The Morgan fingerprint density at radius 3 is 2.16 bits per heavy atom. The standard InChI is InChI=1S/C20H14F3NO/c21-20(22,23)19(25)17-7-2-1-6-15(17)16-9-8-13(11-18(16)19)12-4-3-5-14(24)10-12/h1-11,25H,24H2. The van der Waals surface area contributed by atoms with Crippen molar-refractivity contribution in [1.29, 1.82) is 0 Å². The highest BCUT2D eigenvalue weighted by molar-refractivity contribution is 5.83. The van der Waals surface area contributed by atoms with Crippen molar-refractivity contribution in [2.45, 2.75) is 11.8 Å². The van der Waals surface area contributed by atoms with Gasteiger partial charge in [0.1, 0.15) is 0 Å². The number of nitrogen functional groups attached to an aromatic ring is 1. The summed E-state index contributed by atoms with van der Waals surface area (Å²) in [5, 5.41) is 10.7. The molecule has 0 spiro atoms. The van der Waals surface area contributed by atoms with Crippen molar-refractivity contribution in [3.63, 3.8) is 0 Å². The zero-order valence-electron chi connectivity index (χ0n) is 13.0. The lowest BCUT2D eigenvalue weighted by Crippen LogP contribution is -2.41. The Morgan fingerprint density at radius 2 is 1.44 bits per heavy atom. The van der Waals surface area contributed by atoms with E-state index in [1.54, 1.807) is 48.5 Å². The maximum atomic E-state index is 13.8. The molecule has 3 aromatic carbocycles. The molecule has 0 heterocycles. The van der Waals surface area contributed by atoms with E-state index in [1.165, 1.54) is 18.2 Å². The average Bonchev–Trinajstić information content (AvgIpc) is 2.85. The van der Waals surface area contributed by atoms with Crippen molar-refractivity contribution in [1.82, 2.24) is 0 Å². The Hall–Kier alpha value is -2.79. The summed E-state index contributed by atoms with van der Waals surface area (Å²) in [5.74, 6) is 0. The van der Waals surface area contributed by atoms with Crippen LogP contribution in [0, 0.1) is 0 Å². The Balaban J connectivity index is 1.99. The van der Waals surface area contributed by atoms with E-state index in [2.05, 4.69) is 0 Å². The van der Waals surface area contributed by atoms with Crippen molar-refractivity contribution in [3.05, 3.63) is 77.9 Å². The fourth-order valence-corrected chi connectivity index (χ4v) is 3.46. The molecule has 3 aromatic rings. The second-order valence-electron chi connectivity index (χ2n) is 6.14. The lowest BCUT2D eigenvalue weighted by Gasteiger charge is -2.28. The fraction of sp³-hybridized carbons (Fsp3) is 0.100. The van der Waals surface area contributed by atoms with Crippen LogP contribution >= 0.6 is 0 Å². The van der Waals surface area contributed by atoms with Crippen LogP contribution in [0.5, 0.6) is 0 Å². The first-order valence-corrected chi connectivity index (χ1v) is 7.72. The quantitative estimate of drug-likeness (QED) is 0.630. The molecule has 126 valence electrons. The average molecular weight is 341 g/mol. The highest BCUT2D eigenvalue weighted by Crippen LogP contribution is 2.55. The van der Waals surface area contributed by atoms with E-state index in [9.17, 15) is 18.3 Å². The molecular formula is C20H14F3NO. The summed E-state index contributed by atoms with van der Waals surface area (Å²) < 4.78 is 41.5. The first-order chi connectivity index (χ1) is 11.8. The predicted octanol–water partition coefficient (Wildman–Crippen LogP) is 4.71. The molecule has 0 bridgehead atoms. The highest BCUT2D eigenvalue weighted by atomic mass is 19.4. The summed E-state index contributed by atoms with van der Waals surface area (Å²) in [6, 6.07) is 17.8. The minimum Gasteiger partial charge on any atom is -0.399 e. The number of hydrogen-bond donors (Lipinski definition) is 2. The fourth-order valence-electron chi connectivity index (χ4n) is 3.46. The Kier molecular flexibility index (Phi) is 3.21. The molecule has 2 nitrogen and oxygen atoms in total. The molecule has 5 heteroatoms. The van der Waals surface area contributed by atoms with Crippen LogP contribution in [-0.4, -0.2) is 11.3 Å². The van der Waals surface area contributed by atoms with E-state index in [0.717, 1.165) is 0 Å². The van der Waals surface area contributed by atoms with E-state index >= 15 is 0 Å². The first-order valence-electron chi connectivity index (χ1n) is 7.72. The number of anilines is 1. The van der Waals surface area contributed by atoms with E-state index in [-0.39, 0.29) is 11.1 Å². The molecule has 1 unspecified atom stereocenters. The van der Waals surface area contributed by atoms with Gasteiger partial charge in [0.2, 0.25) is 5.60 Å². The molecule has 0 aliphatic heterocycles. The molecule has 3 N–H and O–H groups in total. The van der Waals surface area contributed by atoms with E-state index in [1.807, 2.05) is 0 Å². The molecule has 0 saturated carbocycles. The monoisotopic (exact) mass is 341 g/mol. The van der Waals surface area contributed by atoms with Gasteiger partial charge in [0, 0.05) is 16.8 Å². The van der Waals surface area contributed by atoms with Gasteiger partial charge in [0.05, 0.1) is 0 Å². The minimum atomic E-state index is -4.83. The van der Waals surface area contributed by atoms with Crippen LogP contribution in [0.4, 0.5) is 18.9 Å². The second kappa shape index (κ2) is 5.10. The van der Waals surface area contributed by atoms with Gasteiger partial charge in [-0.1, -0.05) is 48.5 Å². The third-order valence-electron chi connectivity index (χ3n) is 4.65. The van der Waals surface area contributed by atoms with Gasteiger partial charge in [-0.15, -0.1) is 0 Å². The largest absolute Gasteiger partial charge is 0.425 e. The lowest BCUT2D eigenvalue weighted by molar-refractivity contribution is -0.246. The van der Waals surface area contributed by atoms with Crippen LogP contribution in [0.3, 0.4) is 0 Å². The van der Waals surface area contributed by atoms with E-state index < -0.39 is 11.8 Å². The van der Waals surface area contributed by atoms with Gasteiger partial charge < -0.3 is 10.8 Å². The van der Waals surface area contributed by atoms with Gasteiger partial charge in [0.25, 0.3) is 0 Å². The van der Waals surface area contributed by atoms with Crippen LogP contribution in [0.2, 0.25) is 0 Å². The first kappa shape index (κ1) is 15.7. The van der Waals surface area contributed by atoms with Crippen LogP contribution in [0.1, 0.15) is 11.1 Å². The topological polar surface area (TPSA) is 46.2 Å². The number of fused-ring (bicyclic) bond motifs is 3. The SMILES string of the molecule is Nc1cccc(-c2ccc3c(c2)C(O)(C(F)(F)F)c2ccccc2-3)c1. The number of nitrogens with two attached hydrogens (primary N) is 1. The van der Waals surface area contributed by atoms with Crippen molar-refractivity contribution >= 4 is 5.69 Å². The predicted molar refractivity (Wildman–Crippen MR) is 90.8 cm³/mol. The lowest BCUT2D eigenvalue weighted by atomic mass is 9.89. The third kappa shape index (κ3) is 2.16. The molecule has 0 saturated heterocycles. The summed E-state index contributed by atoms with van der Waals surface area (Å²) >= 11 is 0. The van der Waals surface area contributed by atoms with Gasteiger partial charge in [0.15, 0.2) is 0 Å². The van der Waals surface area contributed by atoms with Gasteiger partial charge in [-0.2, -0.15) is 13.2 Å². The summed E-state index contributed by atoms with van der Waals surface area (Å²) in [4.78, 5) is 0. The summed E-state index contributed by atoms with van der Waals surface area (Å²) in [5.41, 5.74) is 5.04. The van der Waals surface area contributed by atoms with Crippen molar-refractivity contribution in [2.75, 3.05) is 5.73 Å². The number of aliphatic hydroxyl groups is 1. The Labute approximate surface area is 142 Å². The molecule has 25 heavy (non-hydrogen) atoms. The van der Waals surface area contributed by atoms with Crippen LogP contribution in [0.25, 0.3) is 22.3 Å². The number of benzene rings is 3. The molecule has 0 aromatic heterocycles. The molecule has 0 radical (unpaired) electrons. The van der Waals surface area contributed by atoms with Crippen LogP contribution < -0.4 is 5.73 Å². The molecule has 1 aliphatic rings. The third-order valence-corrected chi connectivity index (χ3v) is 4.65. The summed E-state index contributed by atoms with van der Waals surface area (Å²) in [6.07, 6.45) is -4.83. The molecule has 1 atom stereocenters. The molecule has 0 amide bonds. The van der Waals surface area contributed by atoms with Gasteiger partial charge in [-0.3, -0.25) is 0 Å². The summed E-state index contributed by atoms with van der Waals surface area (Å²) in [7, 11) is 0. The number of halogens is 3. The van der Waals surface area contributed by atoms with Crippen LogP contribution in [0.15, 0.2) is 66.7 Å². The maximum absolute atomic E-state index is 13.8. The number of rotatable bonds is 1. The second-order valence-corrected chi connectivity index (χ2v) is 6.14.